The molecule has 0 aliphatic carbocycles. The average Bonchev–Trinajstić information content (AvgIpc) is 2.57. The fourth-order valence-corrected chi connectivity index (χ4v) is 1.56. The second kappa shape index (κ2) is 3.35. The predicted molar refractivity (Wildman–Crippen MR) is 52.5 cm³/mol. The van der Waals surface area contributed by atoms with E-state index >= 15 is 0 Å². The molecule has 86 valence electrons. The zero-order valence-corrected chi connectivity index (χ0v) is 9.19. The zero-order valence-electron chi connectivity index (χ0n) is 8.43. The van der Waals surface area contributed by atoms with Crippen molar-refractivity contribution in [1.82, 2.24) is 14.6 Å². The molecule has 7 heteroatoms. The minimum absolute atomic E-state index is 0.0976. The summed E-state index contributed by atoms with van der Waals surface area (Å²) in [5.41, 5.74) is 0.310. The third-order valence-electron chi connectivity index (χ3n) is 2.30. The van der Waals surface area contributed by atoms with Crippen LogP contribution in [0.1, 0.15) is 17.0 Å². The van der Waals surface area contributed by atoms with Crippen molar-refractivity contribution in [2.24, 2.45) is 0 Å². The lowest BCUT2D eigenvalue weighted by atomic mass is 10.3. The summed E-state index contributed by atoms with van der Waals surface area (Å²) in [6.07, 6.45) is -4.49. The van der Waals surface area contributed by atoms with Crippen molar-refractivity contribution in [3.8, 4) is 0 Å². The summed E-state index contributed by atoms with van der Waals surface area (Å²) in [5.74, 6) is 0. The molecule has 0 saturated heterocycles. The van der Waals surface area contributed by atoms with Gasteiger partial charge in [0.2, 0.25) is 0 Å². The minimum Gasteiger partial charge on any atom is -0.233 e. The number of halogens is 4. The average molecular weight is 250 g/mol. The number of rotatable bonds is 0. The van der Waals surface area contributed by atoms with Gasteiger partial charge in [-0.2, -0.15) is 18.3 Å². The molecule has 0 spiro atoms. The van der Waals surface area contributed by atoms with E-state index in [1.807, 2.05) is 0 Å². The van der Waals surface area contributed by atoms with Gasteiger partial charge in [0.05, 0.1) is 0 Å². The normalized spacial score (nSPS) is 12.4. The van der Waals surface area contributed by atoms with E-state index in [1.165, 1.54) is 0 Å². The Bertz CT molecular complexity index is 559. The van der Waals surface area contributed by atoms with Crippen molar-refractivity contribution in [3.05, 3.63) is 28.2 Å². The molecule has 2 aromatic heterocycles. The van der Waals surface area contributed by atoms with E-state index in [0.29, 0.717) is 11.3 Å². The van der Waals surface area contributed by atoms with Gasteiger partial charge in [-0.25, -0.2) is 9.50 Å². The summed E-state index contributed by atoms with van der Waals surface area (Å²) >= 11 is 5.89. The molecule has 16 heavy (non-hydrogen) atoms. The van der Waals surface area contributed by atoms with E-state index in [9.17, 15) is 13.2 Å². The molecule has 0 N–H and O–H groups in total. The van der Waals surface area contributed by atoms with Crippen molar-refractivity contribution in [1.29, 1.82) is 0 Å². The lowest BCUT2D eigenvalue weighted by molar-refractivity contribution is -0.141. The molecule has 2 aromatic rings. The van der Waals surface area contributed by atoms with Crippen LogP contribution in [0.25, 0.3) is 5.65 Å². The maximum Gasteiger partial charge on any atom is 0.435 e. The first-order chi connectivity index (χ1) is 7.30. The van der Waals surface area contributed by atoms with E-state index in [1.54, 1.807) is 13.8 Å². The molecule has 0 aliphatic rings. The Hall–Kier alpha value is -1.30. The SMILES string of the molecule is Cc1nc2cc(C(F)(F)F)nn2c(Cl)c1C. The fraction of sp³-hybridized carbons (Fsp3) is 0.333. The second-order valence-electron chi connectivity index (χ2n) is 3.41. The van der Waals surface area contributed by atoms with E-state index in [0.717, 1.165) is 10.6 Å². The van der Waals surface area contributed by atoms with E-state index in [-0.39, 0.29) is 10.8 Å². The van der Waals surface area contributed by atoms with Gasteiger partial charge in [-0.15, -0.1) is 0 Å². The van der Waals surface area contributed by atoms with Crippen LogP contribution in [0.4, 0.5) is 13.2 Å². The van der Waals surface area contributed by atoms with Crippen LogP contribution in [0.5, 0.6) is 0 Å². The highest BCUT2D eigenvalue weighted by molar-refractivity contribution is 6.30. The summed E-state index contributed by atoms with van der Waals surface area (Å²) in [7, 11) is 0. The number of fused-ring (bicyclic) bond motifs is 1. The highest BCUT2D eigenvalue weighted by atomic mass is 35.5. The summed E-state index contributed by atoms with van der Waals surface area (Å²) in [5, 5.41) is 3.53. The van der Waals surface area contributed by atoms with Crippen molar-refractivity contribution < 1.29 is 13.2 Å². The Morgan fingerprint density at radius 1 is 1.31 bits per heavy atom. The molecule has 0 fully saturated rings. The Labute approximate surface area is 93.9 Å². The van der Waals surface area contributed by atoms with Crippen LogP contribution in [0.2, 0.25) is 5.15 Å². The number of nitrogens with zero attached hydrogens (tertiary/aromatic N) is 3. The summed E-state index contributed by atoms with van der Waals surface area (Å²) in [6.45, 7) is 3.36. The van der Waals surface area contributed by atoms with Crippen LogP contribution >= 0.6 is 11.6 Å². The highest BCUT2D eigenvalue weighted by Crippen LogP contribution is 2.30. The number of alkyl halides is 3. The highest BCUT2D eigenvalue weighted by Gasteiger charge is 2.34. The van der Waals surface area contributed by atoms with Crippen molar-refractivity contribution in [2.45, 2.75) is 20.0 Å². The maximum atomic E-state index is 12.4. The van der Waals surface area contributed by atoms with Gasteiger partial charge in [0.25, 0.3) is 0 Å². The third kappa shape index (κ3) is 1.63. The molecule has 2 heterocycles. The smallest absolute Gasteiger partial charge is 0.233 e. The lowest BCUT2D eigenvalue weighted by Gasteiger charge is -2.03. The molecular formula is C9H7ClF3N3. The number of aryl methyl sites for hydroxylation is 1. The summed E-state index contributed by atoms with van der Waals surface area (Å²) in [4.78, 5) is 3.99. The predicted octanol–water partition coefficient (Wildman–Crippen LogP) is 3.02. The van der Waals surface area contributed by atoms with Crippen molar-refractivity contribution in [2.75, 3.05) is 0 Å². The number of hydrogen-bond acceptors (Lipinski definition) is 2. The van der Waals surface area contributed by atoms with Gasteiger partial charge in [0.15, 0.2) is 11.3 Å². The van der Waals surface area contributed by atoms with Crippen LogP contribution in [-0.2, 0) is 6.18 Å². The molecule has 0 aromatic carbocycles. The Morgan fingerprint density at radius 3 is 2.50 bits per heavy atom. The van der Waals surface area contributed by atoms with Crippen LogP contribution in [0.3, 0.4) is 0 Å². The minimum atomic E-state index is -4.49. The second-order valence-corrected chi connectivity index (χ2v) is 3.77. The van der Waals surface area contributed by atoms with E-state index in [2.05, 4.69) is 10.1 Å². The fourth-order valence-electron chi connectivity index (χ4n) is 1.30. The zero-order chi connectivity index (χ0) is 12.1. The van der Waals surface area contributed by atoms with E-state index in [4.69, 9.17) is 11.6 Å². The first-order valence-electron chi connectivity index (χ1n) is 4.40. The van der Waals surface area contributed by atoms with Gasteiger partial charge >= 0.3 is 6.18 Å². The summed E-state index contributed by atoms with van der Waals surface area (Å²) in [6, 6.07) is 0.873. The first-order valence-corrected chi connectivity index (χ1v) is 4.78. The van der Waals surface area contributed by atoms with Gasteiger partial charge in [-0.3, -0.25) is 0 Å². The first kappa shape index (κ1) is 11.2. The molecule has 0 radical (unpaired) electrons. The van der Waals surface area contributed by atoms with Gasteiger partial charge < -0.3 is 0 Å². The molecule has 0 unspecified atom stereocenters. The Morgan fingerprint density at radius 2 is 1.94 bits per heavy atom. The molecular weight excluding hydrogens is 243 g/mol. The maximum absolute atomic E-state index is 12.4. The Kier molecular flexibility index (Phi) is 2.34. The van der Waals surface area contributed by atoms with Crippen LogP contribution in [0.15, 0.2) is 6.07 Å². The Balaban J connectivity index is 2.77. The van der Waals surface area contributed by atoms with Gasteiger partial charge in [0, 0.05) is 17.3 Å². The monoisotopic (exact) mass is 249 g/mol. The largest absolute Gasteiger partial charge is 0.435 e. The quantitative estimate of drug-likeness (QED) is 0.672. The van der Waals surface area contributed by atoms with Gasteiger partial charge in [0.1, 0.15) is 5.15 Å². The van der Waals surface area contributed by atoms with Crippen LogP contribution in [0, 0.1) is 13.8 Å². The molecule has 3 nitrogen and oxygen atoms in total. The van der Waals surface area contributed by atoms with Crippen LogP contribution in [-0.4, -0.2) is 14.6 Å². The number of aromatic nitrogens is 3. The lowest BCUT2D eigenvalue weighted by Crippen LogP contribution is -2.06. The van der Waals surface area contributed by atoms with Gasteiger partial charge in [-0.05, 0) is 13.8 Å². The molecule has 2 rings (SSSR count). The van der Waals surface area contributed by atoms with Gasteiger partial charge in [-0.1, -0.05) is 11.6 Å². The standard InChI is InChI=1S/C9H7ClF3N3/c1-4-5(2)14-7-3-6(9(11,12)13)15-16(7)8(4)10/h3H,1-2H3. The van der Waals surface area contributed by atoms with Crippen LogP contribution < -0.4 is 0 Å². The third-order valence-corrected chi connectivity index (χ3v) is 2.74. The topological polar surface area (TPSA) is 30.2 Å². The molecule has 0 atom stereocenters. The molecule has 0 amide bonds. The van der Waals surface area contributed by atoms with E-state index < -0.39 is 11.9 Å². The molecule has 0 bridgehead atoms. The number of hydrogen-bond donors (Lipinski definition) is 0. The molecule has 0 aliphatic heterocycles. The van der Waals surface area contributed by atoms with Crippen molar-refractivity contribution >= 4 is 17.2 Å². The van der Waals surface area contributed by atoms with Crippen molar-refractivity contribution in [3.63, 3.8) is 0 Å². The molecule has 0 saturated carbocycles. The summed E-state index contributed by atoms with van der Waals surface area (Å²) < 4.78 is 38.2.